The molecule has 7 heteroatoms. The first-order valence-corrected chi connectivity index (χ1v) is 11.2. The van der Waals surface area contributed by atoms with Gasteiger partial charge in [0.25, 0.3) is 0 Å². The molecule has 7 nitrogen and oxygen atoms in total. The van der Waals surface area contributed by atoms with Crippen LogP contribution in [0.1, 0.15) is 49.1 Å². The van der Waals surface area contributed by atoms with Gasteiger partial charge in [-0.2, -0.15) is 0 Å². The fourth-order valence-corrected chi connectivity index (χ4v) is 4.80. The fraction of sp³-hybridized carbons (Fsp3) is 0.296. The molecule has 1 aliphatic heterocycles. The molecule has 0 fully saturated rings. The number of pyridine rings is 2. The number of benzene rings is 2. The molecule has 0 saturated heterocycles. The fourth-order valence-electron chi connectivity index (χ4n) is 4.80. The first kappa shape index (κ1) is 22.3. The van der Waals surface area contributed by atoms with Crippen molar-refractivity contribution in [3.8, 4) is 11.1 Å². The van der Waals surface area contributed by atoms with E-state index in [0.717, 1.165) is 33.0 Å². The van der Waals surface area contributed by atoms with Gasteiger partial charge in [0.2, 0.25) is 5.56 Å². The lowest BCUT2D eigenvalue weighted by molar-refractivity contribution is -0.160. The number of rotatable bonds is 4. The van der Waals surface area contributed by atoms with Gasteiger partial charge >= 0.3 is 5.97 Å². The molecule has 0 amide bonds. The Morgan fingerprint density at radius 3 is 2.59 bits per heavy atom. The number of carbonyl (C=O) groups is 1. The number of hydrogen-bond donors (Lipinski definition) is 2. The number of carboxylic acids is 1. The third-order valence-electron chi connectivity index (χ3n) is 6.08. The molecule has 5 rings (SSSR count). The number of fused-ring (bicyclic) bond motifs is 1. The van der Waals surface area contributed by atoms with Crippen molar-refractivity contribution in [3.63, 3.8) is 0 Å². The van der Waals surface area contributed by atoms with Crippen molar-refractivity contribution in [3.05, 3.63) is 75.2 Å². The third kappa shape index (κ3) is 3.77. The Labute approximate surface area is 196 Å². The lowest BCUT2D eigenvalue weighted by atomic mass is 9.86. The lowest BCUT2D eigenvalue weighted by Gasteiger charge is -2.29. The van der Waals surface area contributed by atoms with E-state index in [-0.39, 0.29) is 5.56 Å². The maximum Gasteiger partial charge on any atom is 0.337 e. The number of ether oxygens (including phenoxy) is 2. The summed E-state index contributed by atoms with van der Waals surface area (Å²) in [7, 11) is 0. The maximum absolute atomic E-state index is 12.5. The van der Waals surface area contributed by atoms with E-state index in [2.05, 4.69) is 4.98 Å². The summed E-state index contributed by atoms with van der Waals surface area (Å²) in [4.78, 5) is 32.2. The molecule has 0 spiro atoms. The first-order chi connectivity index (χ1) is 16.1. The van der Waals surface area contributed by atoms with Crippen LogP contribution in [0.15, 0.2) is 47.4 Å². The molecule has 2 aromatic carbocycles. The van der Waals surface area contributed by atoms with Crippen LogP contribution in [0.2, 0.25) is 0 Å². The minimum Gasteiger partial charge on any atom is -0.479 e. The molecule has 174 valence electrons. The molecule has 0 aliphatic carbocycles. The number of aliphatic carboxylic acids is 1. The summed E-state index contributed by atoms with van der Waals surface area (Å²) in [6.07, 6.45) is 0.542. The van der Waals surface area contributed by atoms with E-state index >= 15 is 0 Å². The van der Waals surface area contributed by atoms with Crippen molar-refractivity contribution < 1.29 is 19.4 Å². The predicted molar refractivity (Wildman–Crippen MR) is 130 cm³/mol. The lowest BCUT2D eigenvalue weighted by Crippen LogP contribution is -2.28. The summed E-state index contributed by atoms with van der Waals surface area (Å²) in [6.45, 7) is 8.34. The number of hydrogen-bond acceptors (Lipinski definition) is 5. The van der Waals surface area contributed by atoms with Crippen molar-refractivity contribution >= 4 is 27.8 Å². The first-order valence-electron chi connectivity index (χ1n) is 11.2. The average molecular weight is 459 g/mol. The number of aromatic amines is 1. The van der Waals surface area contributed by atoms with E-state index in [1.54, 1.807) is 12.3 Å². The molecule has 34 heavy (non-hydrogen) atoms. The van der Waals surface area contributed by atoms with Gasteiger partial charge < -0.3 is 19.6 Å². The minimum absolute atomic E-state index is 0.224. The van der Waals surface area contributed by atoms with Gasteiger partial charge in [0, 0.05) is 39.7 Å². The number of aryl methyl sites for hydroxylation is 1. The van der Waals surface area contributed by atoms with Gasteiger partial charge in [-0.25, -0.2) is 4.79 Å². The van der Waals surface area contributed by atoms with Crippen LogP contribution in [0.25, 0.3) is 32.9 Å². The highest BCUT2D eigenvalue weighted by Gasteiger charge is 2.32. The van der Waals surface area contributed by atoms with Gasteiger partial charge in [-0.3, -0.25) is 9.78 Å². The molecule has 0 bridgehead atoms. The monoisotopic (exact) mass is 458 g/mol. The molecule has 2 aromatic heterocycles. The molecular weight excluding hydrogens is 432 g/mol. The van der Waals surface area contributed by atoms with Crippen molar-refractivity contribution in [2.45, 2.75) is 52.6 Å². The van der Waals surface area contributed by atoms with Crippen molar-refractivity contribution in [2.24, 2.45) is 0 Å². The highest BCUT2D eigenvalue weighted by molar-refractivity contribution is 6.07. The van der Waals surface area contributed by atoms with Crippen LogP contribution in [0, 0.1) is 6.92 Å². The second-order valence-corrected chi connectivity index (χ2v) is 9.67. The SMILES string of the molecule is Cc1cc2[nH]c(=O)ccc2c(-c2ccc3c4c(ccnc24)COC3)c1[C@H](OC(C)(C)C)C(=O)O. The van der Waals surface area contributed by atoms with Gasteiger partial charge in [0.1, 0.15) is 0 Å². The second kappa shape index (κ2) is 8.04. The number of aromatic nitrogens is 2. The molecular formula is C27H26N2O5. The van der Waals surface area contributed by atoms with Gasteiger partial charge in [0.15, 0.2) is 6.10 Å². The number of H-pyrrole nitrogens is 1. The van der Waals surface area contributed by atoms with E-state index in [0.29, 0.717) is 35.4 Å². The Balaban J connectivity index is 1.92. The van der Waals surface area contributed by atoms with Crippen LogP contribution in [-0.2, 0) is 27.5 Å². The number of nitrogens with zero attached hydrogens (tertiary/aromatic N) is 1. The highest BCUT2D eigenvalue weighted by atomic mass is 16.5. The largest absolute Gasteiger partial charge is 0.479 e. The van der Waals surface area contributed by atoms with E-state index in [1.807, 2.05) is 52.0 Å². The predicted octanol–water partition coefficient (Wildman–Crippen LogP) is 5.02. The Hall–Kier alpha value is -3.55. The summed E-state index contributed by atoms with van der Waals surface area (Å²) in [5, 5.41) is 12.0. The summed E-state index contributed by atoms with van der Waals surface area (Å²) < 4.78 is 11.8. The van der Waals surface area contributed by atoms with Gasteiger partial charge in [-0.1, -0.05) is 12.1 Å². The Kier molecular flexibility index (Phi) is 5.26. The van der Waals surface area contributed by atoms with E-state index in [4.69, 9.17) is 14.5 Å². The van der Waals surface area contributed by atoms with Crippen LogP contribution >= 0.6 is 0 Å². The molecule has 0 unspecified atom stereocenters. The van der Waals surface area contributed by atoms with E-state index < -0.39 is 17.7 Å². The van der Waals surface area contributed by atoms with Crippen molar-refractivity contribution in [1.82, 2.24) is 9.97 Å². The summed E-state index contributed by atoms with van der Waals surface area (Å²) in [5.74, 6) is -1.08. The standard InChI is InChI=1S/C27H26N2O5/c1-14-11-19-17(7-8-20(30)29-19)23(21(14)25(26(31)32)34-27(2,3)4)18-6-5-15-12-33-13-16-9-10-28-24(18)22(15)16/h5-11,25H,12-13H2,1-4H3,(H,29,30)(H,31,32)/t25-/m0/s1. The molecule has 2 N–H and O–H groups in total. The van der Waals surface area contributed by atoms with Crippen LogP contribution < -0.4 is 5.56 Å². The maximum atomic E-state index is 12.5. The zero-order valence-corrected chi connectivity index (χ0v) is 19.6. The Bertz CT molecular complexity index is 1500. The highest BCUT2D eigenvalue weighted by Crippen LogP contribution is 2.43. The average Bonchev–Trinajstić information content (AvgIpc) is 2.77. The molecule has 1 aliphatic rings. The topological polar surface area (TPSA) is 102 Å². The third-order valence-corrected chi connectivity index (χ3v) is 6.08. The summed E-state index contributed by atoms with van der Waals surface area (Å²) >= 11 is 0. The zero-order valence-electron chi connectivity index (χ0n) is 19.6. The molecule has 1 atom stereocenters. The molecule has 4 aromatic rings. The van der Waals surface area contributed by atoms with E-state index in [1.165, 1.54) is 6.07 Å². The Morgan fingerprint density at radius 1 is 1.15 bits per heavy atom. The van der Waals surface area contributed by atoms with Crippen LogP contribution in [-0.4, -0.2) is 26.6 Å². The smallest absolute Gasteiger partial charge is 0.337 e. The summed E-state index contributed by atoms with van der Waals surface area (Å²) in [5.41, 5.74) is 5.33. The van der Waals surface area contributed by atoms with Crippen molar-refractivity contribution in [2.75, 3.05) is 0 Å². The normalized spacial score (nSPS) is 14.5. The second-order valence-electron chi connectivity index (χ2n) is 9.67. The summed E-state index contributed by atoms with van der Waals surface area (Å²) in [6, 6.07) is 10.9. The van der Waals surface area contributed by atoms with Gasteiger partial charge in [-0.05, 0) is 68.1 Å². The molecule has 0 saturated carbocycles. The molecule has 3 heterocycles. The van der Waals surface area contributed by atoms with Crippen LogP contribution in [0.4, 0.5) is 0 Å². The van der Waals surface area contributed by atoms with Gasteiger partial charge in [0.05, 0.1) is 24.3 Å². The number of nitrogens with one attached hydrogen (secondary N) is 1. The quantitative estimate of drug-likeness (QED) is 0.445. The zero-order chi connectivity index (χ0) is 24.2. The van der Waals surface area contributed by atoms with Crippen LogP contribution in [0.3, 0.4) is 0 Å². The minimum atomic E-state index is -1.21. The van der Waals surface area contributed by atoms with Crippen LogP contribution in [0.5, 0.6) is 0 Å². The number of carboxylic acid groups (broad SMARTS) is 1. The Morgan fingerprint density at radius 2 is 1.88 bits per heavy atom. The van der Waals surface area contributed by atoms with Crippen molar-refractivity contribution in [1.29, 1.82) is 0 Å². The van der Waals surface area contributed by atoms with E-state index in [9.17, 15) is 14.7 Å². The molecule has 0 radical (unpaired) electrons. The van der Waals surface area contributed by atoms with Gasteiger partial charge in [-0.15, -0.1) is 0 Å².